The van der Waals surface area contributed by atoms with Crippen LogP contribution in [0, 0.1) is 0 Å². The number of rotatable bonds is 0. The highest BCUT2D eigenvalue weighted by Crippen LogP contribution is 2.40. The Morgan fingerprint density at radius 1 is 0.579 bits per heavy atom. The summed E-state index contributed by atoms with van der Waals surface area (Å²) in [6.07, 6.45) is 0. The fourth-order valence-electron chi connectivity index (χ4n) is 2.69. The van der Waals surface area contributed by atoms with Crippen LogP contribution < -0.4 is 0 Å². The lowest BCUT2D eigenvalue weighted by molar-refractivity contribution is 2.03. The van der Waals surface area contributed by atoms with E-state index in [0.717, 1.165) is 0 Å². The molecule has 0 saturated heterocycles. The summed E-state index contributed by atoms with van der Waals surface area (Å²) in [6, 6.07) is 13.8. The van der Waals surface area contributed by atoms with Crippen molar-refractivity contribution in [2.45, 2.75) is 0 Å². The van der Waals surface area contributed by atoms with Crippen molar-refractivity contribution in [3.63, 3.8) is 0 Å². The zero-order valence-electron chi connectivity index (χ0n) is 9.84. The molecule has 0 bridgehead atoms. The second kappa shape index (κ2) is 3.57. The topological polar surface area (TPSA) is 0 Å². The molecule has 0 saturated carbocycles. The van der Waals surface area contributed by atoms with Gasteiger partial charge in [-0.1, -0.05) is 0 Å². The normalized spacial score (nSPS) is 12.2. The molecule has 90 valence electrons. The fourth-order valence-corrected chi connectivity index (χ4v) is 5.54. The minimum atomic E-state index is 1.36. The number of hydrogen-bond donors (Lipinski definition) is 0. The van der Waals surface area contributed by atoms with Gasteiger partial charge in [-0.3, -0.25) is 0 Å². The smallest absolute Gasteiger partial charge is 0.0369 e. The van der Waals surface area contributed by atoms with Gasteiger partial charge in [-0.05, 0) is 57.9 Å². The third-order valence-electron chi connectivity index (χ3n) is 3.62. The second-order valence-electron chi connectivity index (χ2n) is 4.72. The van der Waals surface area contributed by atoms with Gasteiger partial charge in [0.2, 0.25) is 0 Å². The summed E-state index contributed by atoms with van der Waals surface area (Å²) >= 11 is 5.56. The van der Waals surface area contributed by atoms with E-state index >= 15 is 0 Å². The number of thiophene rings is 3. The molecule has 3 heteroatoms. The van der Waals surface area contributed by atoms with Gasteiger partial charge in [0.1, 0.15) is 0 Å². The van der Waals surface area contributed by atoms with Gasteiger partial charge in [0, 0.05) is 29.6 Å². The molecule has 3 aromatic heterocycles. The van der Waals surface area contributed by atoms with Gasteiger partial charge in [-0.15, -0.1) is 34.0 Å². The molecule has 0 unspecified atom stereocenters. The predicted octanol–water partition coefficient (Wildman–Crippen LogP) is 6.48. The van der Waals surface area contributed by atoms with Gasteiger partial charge < -0.3 is 0 Å². The summed E-state index contributed by atoms with van der Waals surface area (Å²) in [5.74, 6) is 0. The summed E-state index contributed by atoms with van der Waals surface area (Å²) in [5, 5.41) is 9.89. The van der Waals surface area contributed by atoms with Crippen LogP contribution in [0.2, 0.25) is 0 Å². The molecule has 3 heterocycles. The molecule has 0 fully saturated rings. The summed E-state index contributed by atoms with van der Waals surface area (Å²) in [6.45, 7) is 0. The molecule has 0 nitrogen and oxygen atoms in total. The van der Waals surface area contributed by atoms with Crippen LogP contribution in [0.5, 0.6) is 0 Å². The highest BCUT2D eigenvalue weighted by atomic mass is 32.1. The van der Waals surface area contributed by atoms with Gasteiger partial charge in [0.05, 0.1) is 0 Å². The van der Waals surface area contributed by atoms with Gasteiger partial charge >= 0.3 is 0 Å². The molecule has 19 heavy (non-hydrogen) atoms. The first kappa shape index (κ1) is 10.4. The van der Waals surface area contributed by atoms with E-state index in [1.807, 2.05) is 34.0 Å². The van der Waals surface area contributed by atoms with Crippen molar-refractivity contribution in [1.29, 1.82) is 0 Å². The van der Waals surface area contributed by atoms with E-state index in [0.29, 0.717) is 0 Å². The Labute approximate surface area is 121 Å². The van der Waals surface area contributed by atoms with Gasteiger partial charge in [-0.2, -0.15) is 0 Å². The van der Waals surface area contributed by atoms with Gasteiger partial charge in [0.25, 0.3) is 0 Å². The first-order valence-electron chi connectivity index (χ1n) is 6.09. The maximum atomic E-state index is 2.35. The minimum Gasteiger partial charge on any atom is -0.144 e. The molecule has 0 spiro atoms. The van der Waals surface area contributed by atoms with Crippen LogP contribution in [-0.4, -0.2) is 0 Å². The second-order valence-corrected chi connectivity index (χ2v) is 7.69. The quantitative estimate of drug-likeness (QED) is 0.306. The predicted molar refractivity (Wildman–Crippen MR) is 90.1 cm³/mol. The molecule has 0 atom stereocenters. The van der Waals surface area contributed by atoms with E-state index in [-0.39, 0.29) is 0 Å². The van der Waals surface area contributed by atoms with E-state index < -0.39 is 0 Å². The Hall–Kier alpha value is -1.42. The van der Waals surface area contributed by atoms with Crippen molar-refractivity contribution in [3.8, 4) is 0 Å². The highest BCUT2D eigenvalue weighted by molar-refractivity contribution is 7.26. The Morgan fingerprint density at radius 3 is 2.05 bits per heavy atom. The molecule has 0 N–H and O–H groups in total. The van der Waals surface area contributed by atoms with Crippen LogP contribution in [0.4, 0.5) is 0 Å². The summed E-state index contributed by atoms with van der Waals surface area (Å²) in [7, 11) is 0. The van der Waals surface area contributed by atoms with E-state index in [9.17, 15) is 0 Å². The number of hydrogen-bond acceptors (Lipinski definition) is 3. The zero-order chi connectivity index (χ0) is 12.4. The third kappa shape index (κ3) is 1.38. The summed E-state index contributed by atoms with van der Waals surface area (Å²) in [4.78, 5) is 0. The summed E-state index contributed by atoms with van der Waals surface area (Å²) in [5.41, 5.74) is 0. The van der Waals surface area contributed by atoms with Crippen molar-refractivity contribution >= 4 is 74.4 Å². The first-order chi connectivity index (χ1) is 9.38. The number of fused-ring (bicyclic) bond motifs is 5. The molecule has 0 aliphatic heterocycles. The molecule has 0 amide bonds. The number of benzene rings is 2. The van der Waals surface area contributed by atoms with Crippen LogP contribution >= 0.6 is 34.0 Å². The van der Waals surface area contributed by atoms with E-state index in [1.165, 1.54) is 40.3 Å². The average Bonchev–Trinajstić information content (AvgIpc) is 3.10. The first-order valence-corrected chi connectivity index (χ1v) is 8.67. The lowest BCUT2D eigenvalue weighted by atomic mass is 10.1. The monoisotopic (exact) mass is 296 g/mol. The van der Waals surface area contributed by atoms with E-state index in [4.69, 9.17) is 0 Å². The van der Waals surface area contributed by atoms with E-state index in [1.54, 1.807) is 0 Å². The molecule has 5 aromatic rings. The minimum absolute atomic E-state index is 1.36. The van der Waals surface area contributed by atoms with Crippen LogP contribution in [0.15, 0.2) is 47.2 Å². The Morgan fingerprint density at radius 2 is 1.21 bits per heavy atom. The van der Waals surface area contributed by atoms with Crippen LogP contribution in [0.1, 0.15) is 0 Å². The van der Waals surface area contributed by atoms with Gasteiger partial charge in [0.15, 0.2) is 0 Å². The van der Waals surface area contributed by atoms with Crippen LogP contribution in [0.25, 0.3) is 40.3 Å². The fraction of sp³-hybridized carbons (Fsp3) is 0. The van der Waals surface area contributed by atoms with E-state index in [2.05, 4.69) is 47.2 Å². The Bertz CT molecular complexity index is 974. The van der Waals surface area contributed by atoms with Crippen molar-refractivity contribution < 1.29 is 0 Å². The van der Waals surface area contributed by atoms with Gasteiger partial charge in [-0.25, -0.2) is 0 Å². The summed E-state index contributed by atoms with van der Waals surface area (Å²) < 4.78 is 5.58. The third-order valence-corrected chi connectivity index (χ3v) is 6.49. The maximum absolute atomic E-state index is 2.35. The zero-order valence-corrected chi connectivity index (χ0v) is 12.3. The highest BCUT2D eigenvalue weighted by Gasteiger charge is 2.08. The molecule has 2 aromatic carbocycles. The molecule has 0 aliphatic carbocycles. The largest absolute Gasteiger partial charge is 0.144 e. The SMILES string of the molecule is c1cc2cc3c(cc2s1)sc1cc2ccsc2cc13. The lowest BCUT2D eigenvalue weighted by Gasteiger charge is -1.94. The molecular weight excluding hydrogens is 288 g/mol. The van der Waals surface area contributed by atoms with Crippen molar-refractivity contribution in [1.82, 2.24) is 0 Å². The van der Waals surface area contributed by atoms with Crippen LogP contribution in [0.3, 0.4) is 0 Å². The van der Waals surface area contributed by atoms with Crippen LogP contribution in [-0.2, 0) is 0 Å². The average molecular weight is 296 g/mol. The molecular formula is C16H8S3. The molecule has 0 radical (unpaired) electrons. The Kier molecular flexibility index (Phi) is 1.95. The Balaban J connectivity index is 2.06. The lowest BCUT2D eigenvalue weighted by Crippen LogP contribution is -1.67. The van der Waals surface area contributed by atoms with Crippen molar-refractivity contribution in [3.05, 3.63) is 47.2 Å². The standard InChI is InChI=1S/C16H8S3/c1-3-18-14-8-16-11(5-9(1)14)12-7-13-10(2-4-17-13)6-15(12)19-16/h1-8H. The maximum Gasteiger partial charge on any atom is 0.0369 e. The molecule has 0 aliphatic rings. The van der Waals surface area contributed by atoms with Crippen molar-refractivity contribution in [2.75, 3.05) is 0 Å². The molecule has 5 rings (SSSR count). The van der Waals surface area contributed by atoms with Crippen molar-refractivity contribution in [2.24, 2.45) is 0 Å².